The third-order valence-corrected chi connectivity index (χ3v) is 2.86. The predicted molar refractivity (Wildman–Crippen MR) is 66.1 cm³/mol. The second kappa shape index (κ2) is 3.83. The molecule has 4 nitrogen and oxygen atoms in total. The van der Waals surface area contributed by atoms with Crippen LogP contribution in [0.4, 0.5) is 5.69 Å². The number of hydrazine groups is 1. The number of carboxylic acid groups (broad SMARTS) is 1. The number of carbonyl (C=O) groups is 1. The van der Waals surface area contributed by atoms with Crippen LogP contribution < -0.4 is 10.9 Å². The van der Waals surface area contributed by atoms with E-state index in [2.05, 4.69) is 26.8 Å². The summed E-state index contributed by atoms with van der Waals surface area (Å²) < 4.78 is 0.743. The van der Waals surface area contributed by atoms with Gasteiger partial charge in [-0.2, -0.15) is 0 Å². The number of carboxylic acids is 1. The first-order chi connectivity index (χ1) is 7.50. The number of rotatable bonds is 1. The lowest BCUT2D eigenvalue weighted by molar-refractivity contribution is 0.0696. The van der Waals surface area contributed by atoms with E-state index in [0.29, 0.717) is 0 Å². The maximum atomic E-state index is 11.2. The lowest BCUT2D eigenvalue weighted by Crippen LogP contribution is -2.12. The van der Waals surface area contributed by atoms with E-state index in [1.807, 2.05) is 19.9 Å². The summed E-state index contributed by atoms with van der Waals surface area (Å²) in [5.41, 5.74) is 9.62. The lowest BCUT2D eigenvalue weighted by atomic mass is 10.0. The minimum Gasteiger partial charge on any atom is -0.478 e. The Morgan fingerprint density at radius 2 is 2.00 bits per heavy atom. The van der Waals surface area contributed by atoms with Crippen molar-refractivity contribution in [1.82, 2.24) is 5.43 Å². The Kier molecular flexibility index (Phi) is 2.63. The Balaban J connectivity index is 2.74. The van der Waals surface area contributed by atoms with Crippen molar-refractivity contribution in [2.75, 3.05) is 5.43 Å². The zero-order valence-electron chi connectivity index (χ0n) is 8.89. The fourth-order valence-corrected chi connectivity index (χ4v) is 2.17. The van der Waals surface area contributed by atoms with Crippen LogP contribution in [0.5, 0.6) is 0 Å². The van der Waals surface area contributed by atoms with Crippen molar-refractivity contribution >= 4 is 33.3 Å². The van der Waals surface area contributed by atoms with Gasteiger partial charge in [-0.25, -0.2) is 4.79 Å². The number of halogens is 1. The number of nitrogens with one attached hydrogen (secondary N) is 2. The van der Waals surface area contributed by atoms with Gasteiger partial charge in [-0.3, -0.25) is 0 Å². The van der Waals surface area contributed by atoms with Gasteiger partial charge in [0.25, 0.3) is 0 Å². The fourth-order valence-electron chi connectivity index (χ4n) is 1.71. The number of hydrogen-bond donors (Lipinski definition) is 3. The molecule has 16 heavy (non-hydrogen) atoms. The van der Waals surface area contributed by atoms with E-state index in [1.54, 1.807) is 6.07 Å². The first-order valence-electron chi connectivity index (χ1n) is 4.77. The Morgan fingerprint density at radius 1 is 1.31 bits per heavy atom. The number of aromatic carboxylic acids is 1. The summed E-state index contributed by atoms with van der Waals surface area (Å²) in [5, 5.41) is 9.17. The molecule has 0 aliphatic carbocycles. The largest absolute Gasteiger partial charge is 0.478 e. The van der Waals surface area contributed by atoms with Crippen molar-refractivity contribution in [1.29, 1.82) is 0 Å². The Morgan fingerprint density at radius 3 is 2.56 bits per heavy atom. The predicted octanol–water partition coefficient (Wildman–Crippen LogP) is 2.83. The van der Waals surface area contributed by atoms with Gasteiger partial charge in [0.05, 0.1) is 16.9 Å². The summed E-state index contributed by atoms with van der Waals surface area (Å²) in [4.78, 5) is 11.2. The summed E-state index contributed by atoms with van der Waals surface area (Å²) in [6.45, 7) is 3.87. The Labute approximate surface area is 101 Å². The molecule has 5 heteroatoms. The molecule has 1 heterocycles. The van der Waals surface area contributed by atoms with Crippen molar-refractivity contribution in [2.45, 2.75) is 13.8 Å². The van der Waals surface area contributed by atoms with Crippen LogP contribution in [-0.2, 0) is 0 Å². The molecule has 3 N–H and O–H groups in total. The average Bonchev–Trinajstić information content (AvgIpc) is 2.59. The standard InChI is InChI=1S/C11H11BrN2O2/c1-5(2)10-9-7(11(15)16)3-6(12)4-8(9)13-14-10/h3-4,13-14H,1-2H3,(H,15,16). The van der Waals surface area contributed by atoms with Crippen molar-refractivity contribution in [3.05, 3.63) is 33.3 Å². The summed E-state index contributed by atoms with van der Waals surface area (Å²) >= 11 is 3.29. The molecule has 0 saturated heterocycles. The molecule has 0 atom stereocenters. The van der Waals surface area contributed by atoms with Crippen LogP contribution in [0.3, 0.4) is 0 Å². The first-order valence-corrected chi connectivity index (χ1v) is 5.56. The van der Waals surface area contributed by atoms with E-state index in [4.69, 9.17) is 0 Å². The van der Waals surface area contributed by atoms with Gasteiger partial charge < -0.3 is 16.0 Å². The second-order valence-electron chi connectivity index (χ2n) is 3.81. The van der Waals surface area contributed by atoms with Crippen LogP contribution in [0.15, 0.2) is 22.2 Å². The molecule has 1 aliphatic rings. The summed E-state index contributed by atoms with van der Waals surface area (Å²) in [5.74, 6) is -0.929. The fraction of sp³-hybridized carbons (Fsp3) is 0.182. The van der Waals surface area contributed by atoms with Crippen LogP contribution in [0, 0.1) is 0 Å². The molecule has 0 spiro atoms. The zero-order chi connectivity index (χ0) is 11.9. The molecule has 0 radical (unpaired) electrons. The highest BCUT2D eigenvalue weighted by Gasteiger charge is 2.24. The molecule has 0 fully saturated rings. The highest BCUT2D eigenvalue weighted by atomic mass is 79.9. The van der Waals surface area contributed by atoms with E-state index in [0.717, 1.165) is 27.0 Å². The van der Waals surface area contributed by atoms with Gasteiger partial charge in [-0.1, -0.05) is 21.5 Å². The SMILES string of the molecule is CC(C)=C1NNc2cc(Br)cc(C(=O)O)c21. The minimum atomic E-state index is -0.929. The van der Waals surface area contributed by atoms with E-state index in [9.17, 15) is 9.90 Å². The van der Waals surface area contributed by atoms with Crippen LogP contribution in [-0.4, -0.2) is 11.1 Å². The normalized spacial score (nSPS) is 12.8. The molecule has 84 valence electrons. The average molecular weight is 283 g/mol. The highest BCUT2D eigenvalue weighted by Crippen LogP contribution is 2.35. The first kappa shape index (κ1) is 11.0. The summed E-state index contributed by atoms with van der Waals surface area (Å²) in [6, 6.07) is 3.46. The van der Waals surface area contributed by atoms with Crippen LogP contribution in [0.2, 0.25) is 0 Å². The van der Waals surface area contributed by atoms with Crippen molar-refractivity contribution < 1.29 is 9.90 Å². The zero-order valence-corrected chi connectivity index (χ0v) is 10.5. The van der Waals surface area contributed by atoms with Crippen molar-refractivity contribution in [2.24, 2.45) is 0 Å². The van der Waals surface area contributed by atoms with E-state index >= 15 is 0 Å². The molecular formula is C11H11BrN2O2. The van der Waals surface area contributed by atoms with Crippen LogP contribution >= 0.6 is 15.9 Å². The molecule has 1 aromatic rings. The molecule has 0 bridgehead atoms. The summed E-state index contributed by atoms with van der Waals surface area (Å²) in [6.07, 6.45) is 0. The monoisotopic (exact) mass is 282 g/mol. The Hall–Kier alpha value is -1.49. The minimum absolute atomic E-state index is 0.290. The number of anilines is 1. The Bertz CT molecular complexity index is 505. The molecule has 0 aromatic heterocycles. The van der Waals surface area contributed by atoms with Gasteiger partial charge in [0, 0.05) is 10.0 Å². The van der Waals surface area contributed by atoms with E-state index in [1.165, 1.54) is 0 Å². The maximum absolute atomic E-state index is 11.2. The van der Waals surface area contributed by atoms with Gasteiger partial charge in [-0.15, -0.1) is 0 Å². The van der Waals surface area contributed by atoms with Crippen molar-refractivity contribution in [3.8, 4) is 0 Å². The van der Waals surface area contributed by atoms with Crippen LogP contribution in [0.25, 0.3) is 5.70 Å². The maximum Gasteiger partial charge on any atom is 0.336 e. The van der Waals surface area contributed by atoms with E-state index < -0.39 is 5.97 Å². The third kappa shape index (κ3) is 1.67. The lowest BCUT2D eigenvalue weighted by Gasteiger charge is -2.06. The topological polar surface area (TPSA) is 61.4 Å². The summed E-state index contributed by atoms with van der Waals surface area (Å²) in [7, 11) is 0. The molecule has 0 saturated carbocycles. The molecule has 1 aliphatic heterocycles. The molecule has 0 amide bonds. The van der Waals surface area contributed by atoms with Gasteiger partial charge in [0.15, 0.2) is 0 Å². The van der Waals surface area contributed by atoms with Crippen molar-refractivity contribution in [3.63, 3.8) is 0 Å². The molecule has 2 rings (SSSR count). The number of fused-ring (bicyclic) bond motifs is 1. The third-order valence-electron chi connectivity index (χ3n) is 2.41. The van der Waals surface area contributed by atoms with Gasteiger partial charge in [-0.05, 0) is 26.0 Å². The van der Waals surface area contributed by atoms with E-state index in [-0.39, 0.29) is 5.56 Å². The second-order valence-corrected chi connectivity index (χ2v) is 4.72. The number of allylic oxidation sites excluding steroid dienone is 1. The van der Waals surface area contributed by atoms with Crippen LogP contribution in [0.1, 0.15) is 29.8 Å². The molecular weight excluding hydrogens is 272 g/mol. The number of hydrogen-bond acceptors (Lipinski definition) is 3. The molecule has 1 aromatic carbocycles. The molecule has 0 unspecified atom stereocenters. The smallest absolute Gasteiger partial charge is 0.336 e. The number of benzene rings is 1. The van der Waals surface area contributed by atoms with Gasteiger partial charge in [0.1, 0.15) is 0 Å². The quantitative estimate of drug-likeness (QED) is 0.741. The van der Waals surface area contributed by atoms with Gasteiger partial charge in [0.2, 0.25) is 0 Å². The van der Waals surface area contributed by atoms with Gasteiger partial charge >= 0.3 is 5.97 Å². The highest BCUT2D eigenvalue weighted by molar-refractivity contribution is 9.10.